The van der Waals surface area contributed by atoms with Crippen LogP contribution < -0.4 is 0 Å². The van der Waals surface area contributed by atoms with E-state index in [4.69, 9.17) is 5.10 Å². The Morgan fingerprint density at radius 3 is 2.45 bits per heavy atom. The predicted molar refractivity (Wildman–Crippen MR) is 119 cm³/mol. The van der Waals surface area contributed by atoms with Gasteiger partial charge in [0.25, 0.3) is 5.91 Å². The average molecular weight is 412 g/mol. The van der Waals surface area contributed by atoms with E-state index in [1.165, 1.54) is 5.56 Å². The molecule has 1 fully saturated rings. The van der Waals surface area contributed by atoms with Crippen LogP contribution in [0.1, 0.15) is 46.1 Å². The first-order valence-corrected chi connectivity index (χ1v) is 10.6. The van der Waals surface area contributed by atoms with Crippen molar-refractivity contribution in [2.45, 2.75) is 31.8 Å². The minimum atomic E-state index is -0.0425. The van der Waals surface area contributed by atoms with Crippen molar-refractivity contribution in [2.24, 2.45) is 0 Å². The molecule has 1 amide bonds. The first-order valence-electron chi connectivity index (χ1n) is 10.6. The number of benzene rings is 2. The van der Waals surface area contributed by atoms with E-state index in [2.05, 4.69) is 17.2 Å². The standard InChI is InChI=1S/C25H25N5O/c1-28(16-20-15-26-29(18-20)17-19-8-4-2-5-9-19)25(31)24-14-23(21-12-13-21)27-30(24)22-10-6-3-7-11-22/h2-11,14-15,18,21H,12-13,16-17H2,1H3. The van der Waals surface area contributed by atoms with Gasteiger partial charge in [0.2, 0.25) is 0 Å². The molecule has 6 nitrogen and oxygen atoms in total. The number of carbonyl (C=O) groups excluding carboxylic acids is 1. The number of hydrogen-bond acceptors (Lipinski definition) is 3. The van der Waals surface area contributed by atoms with E-state index in [9.17, 15) is 4.79 Å². The highest BCUT2D eigenvalue weighted by molar-refractivity contribution is 5.93. The Labute approximate surface area is 181 Å². The van der Waals surface area contributed by atoms with Crippen molar-refractivity contribution in [3.8, 4) is 5.69 Å². The van der Waals surface area contributed by atoms with Crippen molar-refractivity contribution in [1.29, 1.82) is 0 Å². The molecule has 0 saturated heterocycles. The van der Waals surface area contributed by atoms with Gasteiger partial charge in [-0.25, -0.2) is 4.68 Å². The molecule has 0 aliphatic heterocycles. The molecule has 0 unspecified atom stereocenters. The molecule has 0 spiro atoms. The van der Waals surface area contributed by atoms with E-state index in [0.29, 0.717) is 24.7 Å². The summed E-state index contributed by atoms with van der Waals surface area (Å²) in [5.41, 5.74) is 4.71. The molecule has 2 heterocycles. The van der Waals surface area contributed by atoms with Gasteiger partial charge in [-0.2, -0.15) is 10.2 Å². The lowest BCUT2D eigenvalue weighted by atomic mass is 10.2. The summed E-state index contributed by atoms with van der Waals surface area (Å²) in [5.74, 6) is 0.442. The van der Waals surface area contributed by atoms with E-state index in [1.807, 2.05) is 78.7 Å². The van der Waals surface area contributed by atoms with Crippen LogP contribution in [0.2, 0.25) is 0 Å². The molecule has 1 aliphatic rings. The lowest BCUT2D eigenvalue weighted by Gasteiger charge is -2.17. The third kappa shape index (κ3) is 4.28. The fourth-order valence-electron chi connectivity index (χ4n) is 3.78. The van der Waals surface area contributed by atoms with Gasteiger partial charge in [-0.1, -0.05) is 48.5 Å². The van der Waals surface area contributed by atoms with Crippen LogP contribution in [0.3, 0.4) is 0 Å². The average Bonchev–Trinajstić information content (AvgIpc) is 3.41. The second kappa shape index (κ2) is 8.22. The van der Waals surface area contributed by atoms with E-state index in [-0.39, 0.29) is 5.91 Å². The SMILES string of the molecule is CN(Cc1cnn(Cc2ccccc2)c1)C(=O)c1cc(C2CC2)nn1-c1ccccc1. The first kappa shape index (κ1) is 19.3. The van der Waals surface area contributed by atoms with Crippen LogP contribution in [0.15, 0.2) is 79.1 Å². The van der Waals surface area contributed by atoms with Gasteiger partial charge < -0.3 is 4.90 Å². The molecule has 5 rings (SSSR count). The molecule has 4 aromatic rings. The third-order valence-corrected chi connectivity index (χ3v) is 5.58. The summed E-state index contributed by atoms with van der Waals surface area (Å²) in [6.07, 6.45) is 6.13. The zero-order valence-electron chi connectivity index (χ0n) is 17.6. The van der Waals surface area contributed by atoms with Crippen molar-refractivity contribution in [3.05, 3.63) is 102 Å². The summed E-state index contributed by atoms with van der Waals surface area (Å²) in [5, 5.41) is 9.22. The predicted octanol–water partition coefficient (Wildman–Crippen LogP) is 4.27. The number of amides is 1. The summed E-state index contributed by atoms with van der Waals surface area (Å²) in [6.45, 7) is 1.20. The molecule has 2 aromatic heterocycles. The Kier molecular flexibility index (Phi) is 5.12. The highest BCUT2D eigenvalue weighted by Gasteiger charge is 2.29. The number of aromatic nitrogens is 4. The zero-order valence-corrected chi connectivity index (χ0v) is 17.6. The molecule has 2 aromatic carbocycles. The van der Waals surface area contributed by atoms with Crippen molar-refractivity contribution in [1.82, 2.24) is 24.5 Å². The normalized spacial score (nSPS) is 13.3. The van der Waals surface area contributed by atoms with E-state index in [0.717, 1.165) is 29.8 Å². The number of para-hydroxylation sites is 1. The minimum Gasteiger partial charge on any atom is -0.336 e. The molecular weight excluding hydrogens is 386 g/mol. The number of rotatable bonds is 7. The fourth-order valence-corrected chi connectivity index (χ4v) is 3.78. The Morgan fingerprint density at radius 1 is 1.03 bits per heavy atom. The third-order valence-electron chi connectivity index (χ3n) is 5.58. The Morgan fingerprint density at radius 2 is 1.74 bits per heavy atom. The summed E-state index contributed by atoms with van der Waals surface area (Å²) in [7, 11) is 1.83. The monoisotopic (exact) mass is 411 g/mol. The molecule has 1 aliphatic carbocycles. The van der Waals surface area contributed by atoms with Crippen molar-refractivity contribution in [3.63, 3.8) is 0 Å². The van der Waals surface area contributed by atoms with E-state index in [1.54, 1.807) is 9.58 Å². The summed E-state index contributed by atoms with van der Waals surface area (Å²) in [6, 6.07) is 22.0. The van der Waals surface area contributed by atoms with Crippen LogP contribution in [0.4, 0.5) is 0 Å². The number of nitrogens with zero attached hydrogens (tertiary/aromatic N) is 5. The molecule has 0 bridgehead atoms. The summed E-state index contributed by atoms with van der Waals surface area (Å²) >= 11 is 0. The van der Waals surface area contributed by atoms with Crippen LogP contribution in [-0.2, 0) is 13.1 Å². The topological polar surface area (TPSA) is 56.0 Å². The van der Waals surface area contributed by atoms with Gasteiger partial charge in [-0.15, -0.1) is 0 Å². The van der Waals surface area contributed by atoms with Gasteiger partial charge in [-0.3, -0.25) is 9.48 Å². The molecule has 31 heavy (non-hydrogen) atoms. The maximum absolute atomic E-state index is 13.3. The van der Waals surface area contributed by atoms with Gasteiger partial charge >= 0.3 is 0 Å². The Hall–Kier alpha value is -3.67. The summed E-state index contributed by atoms with van der Waals surface area (Å²) in [4.78, 5) is 15.1. The number of hydrogen-bond donors (Lipinski definition) is 0. The van der Waals surface area contributed by atoms with Crippen molar-refractivity contribution >= 4 is 5.91 Å². The molecule has 0 radical (unpaired) electrons. The van der Waals surface area contributed by atoms with Crippen molar-refractivity contribution in [2.75, 3.05) is 7.05 Å². The minimum absolute atomic E-state index is 0.0425. The van der Waals surface area contributed by atoms with Crippen LogP contribution in [0.5, 0.6) is 0 Å². The molecular formula is C25H25N5O. The molecule has 0 atom stereocenters. The van der Waals surface area contributed by atoms with Gasteiger partial charge in [0.05, 0.1) is 24.1 Å². The maximum atomic E-state index is 13.3. The largest absolute Gasteiger partial charge is 0.336 e. The van der Waals surface area contributed by atoms with Crippen molar-refractivity contribution < 1.29 is 4.79 Å². The number of carbonyl (C=O) groups is 1. The Bertz CT molecular complexity index is 1180. The molecule has 156 valence electrons. The highest BCUT2D eigenvalue weighted by atomic mass is 16.2. The second-order valence-corrected chi connectivity index (χ2v) is 8.17. The van der Waals surface area contributed by atoms with Crippen LogP contribution >= 0.6 is 0 Å². The second-order valence-electron chi connectivity index (χ2n) is 8.17. The quantitative estimate of drug-likeness (QED) is 0.456. The van der Waals surface area contributed by atoms with Crippen LogP contribution in [0, 0.1) is 0 Å². The molecule has 6 heteroatoms. The fraction of sp³-hybridized carbons (Fsp3) is 0.240. The van der Waals surface area contributed by atoms with Crippen LogP contribution in [-0.4, -0.2) is 37.4 Å². The molecule has 0 N–H and O–H groups in total. The Balaban J connectivity index is 1.34. The smallest absolute Gasteiger partial charge is 0.272 e. The lowest BCUT2D eigenvalue weighted by Crippen LogP contribution is -2.28. The maximum Gasteiger partial charge on any atom is 0.272 e. The van der Waals surface area contributed by atoms with Gasteiger partial charge in [0, 0.05) is 31.3 Å². The summed E-state index contributed by atoms with van der Waals surface area (Å²) < 4.78 is 3.69. The van der Waals surface area contributed by atoms with Gasteiger partial charge in [0.15, 0.2) is 0 Å². The highest BCUT2D eigenvalue weighted by Crippen LogP contribution is 2.39. The van der Waals surface area contributed by atoms with Crippen LogP contribution in [0.25, 0.3) is 5.69 Å². The lowest BCUT2D eigenvalue weighted by molar-refractivity contribution is 0.0776. The molecule has 1 saturated carbocycles. The van der Waals surface area contributed by atoms with E-state index >= 15 is 0 Å². The van der Waals surface area contributed by atoms with Gasteiger partial charge in [0.1, 0.15) is 5.69 Å². The van der Waals surface area contributed by atoms with Gasteiger partial charge in [-0.05, 0) is 36.6 Å². The van der Waals surface area contributed by atoms with E-state index < -0.39 is 0 Å². The first-order chi connectivity index (χ1) is 15.2. The zero-order chi connectivity index (χ0) is 21.2.